The van der Waals surface area contributed by atoms with Gasteiger partial charge in [0.1, 0.15) is 17.6 Å². The molecule has 0 aromatic heterocycles. The molecule has 4 rings (SSSR count). The van der Waals surface area contributed by atoms with Gasteiger partial charge in [0.15, 0.2) is 5.78 Å². The molecule has 1 N–H and O–H groups in total. The molecule has 29 heavy (non-hydrogen) atoms. The molecular formula is C25H27NO3. The number of carbonyl (C=O) groups excluding carboxylic acids is 1. The van der Waals surface area contributed by atoms with Crippen molar-refractivity contribution in [2.24, 2.45) is 0 Å². The number of benzene rings is 2. The number of hydrogen-bond donors (Lipinski definition) is 1. The van der Waals surface area contributed by atoms with Crippen LogP contribution in [0, 0.1) is 0 Å². The third-order valence-corrected chi connectivity index (χ3v) is 5.56. The Bertz CT molecular complexity index is 1080. The molecule has 0 radical (unpaired) electrons. The molecule has 2 heterocycles. The predicted octanol–water partition coefficient (Wildman–Crippen LogP) is 6.18. The minimum Gasteiger partial charge on any atom is -0.496 e. The fourth-order valence-corrected chi connectivity index (χ4v) is 4.54. The number of hydrogen-bond acceptors (Lipinski definition) is 4. The van der Waals surface area contributed by atoms with E-state index in [-0.39, 0.29) is 17.4 Å². The van der Waals surface area contributed by atoms with Crippen molar-refractivity contribution in [3.63, 3.8) is 0 Å². The number of ether oxygens (including phenoxy) is 2. The highest BCUT2D eigenvalue weighted by Gasteiger charge is 2.35. The van der Waals surface area contributed by atoms with Crippen LogP contribution in [-0.2, 0) is 0 Å². The second kappa shape index (κ2) is 6.80. The van der Waals surface area contributed by atoms with Gasteiger partial charge in [-0.3, -0.25) is 4.79 Å². The lowest BCUT2D eigenvalue weighted by Crippen LogP contribution is -2.32. The van der Waals surface area contributed by atoms with Crippen LogP contribution in [0.25, 0.3) is 16.7 Å². The van der Waals surface area contributed by atoms with Gasteiger partial charge in [0.2, 0.25) is 0 Å². The van der Waals surface area contributed by atoms with E-state index in [0.29, 0.717) is 17.1 Å². The minimum atomic E-state index is -0.283. The third kappa shape index (κ3) is 3.03. The third-order valence-electron chi connectivity index (χ3n) is 5.56. The van der Waals surface area contributed by atoms with Gasteiger partial charge in [-0.05, 0) is 70.0 Å². The summed E-state index contributed by atoms with van der Waals surface area (Å²) in [7, 11) is 1.65. The number of methoxy groups -OCH3 is 1. The van der Waals surface area contributed by atoms with E-state index in [2.05, 4.69) is 44.3 Å². The van der Waals surface area contributed by atoms with Crippen LogP contribution in [0.5, 0.6) is 11.5 Å². The zero-order chi connectivity index (χ0) is 20.9. The van der Waals surface area contributed by atoms with Crippen molar-refractivity contribution >= 4 is 17.0 Å². The van der Waals surface area contributed by atoms with E-state index in [0.717, 1.165) is 27.9 Å². The van der Waals surface area contributed by atoms with Crippen LogP contribution in [0.15, 0.2) is 42.5 Å². The maximum Gasteiger partial charge on any atom is 0.163 e. The first-order valence-corrected chi connectivity index (χ1v) is 9.94. The van der Waals surface area contributed by atoms with E-state index >= 15 is 0 Å². The van der Waals surface area contributed by atoms with Crippen LogP contribution in [0.4, 0.5) is 5.69 Å². The summed E-state index contributed by atoms with van der Waals surface area (Å²) in [6, 6.07) is 7.86. The van der Waals surface area contributed by atoms with Crippen LogP contribution < -0.4 is 14.8 Å². The average molecular weight is 389 g/mol. The maximum absolute atomic E-state index is 12.3. The first-order valence-electron chi connectivity index (χ1n) is 9.94. The van der Waals surface area contributed by atoms with Gasteiger partial charge in [-0.2, -0.15) is 0 Å². The summed E-state index contributed by atoms with van der Waals surface area (Å²) in [5.41, 5.74) is 6.91. The van der Waals surface area contributed by atoms with Gasteiger partial charge in [-0.15, -0.1) is 0 Å². The Morgan fingerprint density at radius 3 is 2.62 bits per heavy atom. The Labute approximate surface area is 172 Å². The number of anilines is 1. The molecule has 0 amide bonds. The molecule has 0 fully saturated rings. The van der Waals surface area contributed by atoms with Crippen LogP contribution in [-0.4, -0.2) is 18.4 Å². The zero-order valence-electron chi connectivity index (χ0n) is 17.8. The van der Waals surface area contributed by atoms with Crippen molar-refractivity contribution in [3.05, 3.63) is 59.2 Å². The van der Waals surface area contributed by atoms with Gasteiger partial charge in [0.25, 0.3) is 0 Å². The normalized spacial score (nSPS) is 18.7. The van der Waals surface area contributed by atoms with Crippen molar-refractivity contribution in [2.45, 2.75) is 46.3 Å². The number of ketones is 1. The highest BCUT2D eigenvalue weighted by atomic mass is 16.5. The standard InChI is InChI=1S/C25H27NO3/c1-7-8-20-22-17(9-11-18-21(22)14(2)13-25(4,5)26-18)23-19(28-6)12-10-16(15(3)27)24(23)29-20/h7-13,20,26H,1-6H3. The molecule has 4 heteroatoms. The number of Topliss-reactive ketones (excluding diaryl/α,β-unsaturated/α-hetero) is 1. The number of fused-ring (bicyclic) bond motifs is 5. The molecule has 0 spiro atoms. The van der Waals surface area contributed by atoms with Crippen LogP contribution in [0.2, 0.25) is 0 Å². The molecular weight excluding hydrogens is 362 g/mol. The Kier molecular flexibility index (Phi) is 4.53. The summed E-state index contributed by atoms with van der Waals surface area (Å²) < 4.78 is 12.1. The first-order chi connectivity index (χ1) is 13.8. The highest BCUT2D eigenvalue weighted by molar-refractivity contribution is 6.02. The van der Waals surface area contributed by atoms with Gasteiger partial charge in [-0.1, -0.05) is 18.2 Å². The van der Waals surface area contributed by atoms with Gasteiger partial charge < -0.3 is 14.8 Å². The average Bonchev–Trinajstić information content (AvgIpc) is 2.65. The summed E-state index contributed by atoms with van der Waals surface area (Å²) >= 11 is 0. The Morgan fingerprint density at radius 1 is 1.21 bits per heavy atom. The zero-order valence-corrected chi connectivity index (χ0v) is 17.8. The van der Waals surface area contributed by atoms with Crippen molar-refractivity contribution in [1.29, 1.82) is 0 Å². The van der Waals surface area contributed by atoms with E-state index in [4.69, 9.17) is 9.47 Å². The lowest BCUT2D eigenvalue weighted by atomic mass is 9.81. The Hall–Kier alpha value is -3.01. The smallest absolute Gasteiger partial charge is 0.163 e. The van der Waals surface area contributed by atoms with Crippen LogP contribution >= 0.6 is 0 Å². The number of rotatable bonds is 3. The van der Waals surface area contributed by atoms with Crippen molar-refractivity contribution in [1.82, 2.24) is 0 Å². The maximum atomic E-state index is 12.3. The summed E-state index contributed by atoms with van der Waals surface area (Å²) in [5, 5.41) is 3.62. The Balaban J connectivity index is 2.08. The molecule has 0 bridgehead atoms. The quantitative estimate of drug-likeness (QED) is 0.503. The second-order valence-corrected chi connectivity index (χ2v) is 8.26. The van der Waals surface area contributed by atoms with Gasteiger partial charge >= 0.3 is 0 Å². The molecule has 2 aromatic rings. The monoisotopic (exact) mass is 389 g/mol. The Morgan fingerprint density at radius 2 is 1.97 bits per heavy atom. The molecule has 1 atom stereocenters. The van der Waals surface area contributed by atoms with E-state index in [1.807, 2.05) is 25.1 Å². The number of carbonyl (C=O) groups is 1. The van der Waals surface area contributed by atoms with Gasteiger partial charge in [-0.25, -0.2) is 0 Å². The summed E-state index contributed by atoms with van der Waals surface area (Å²) in [5.74, 6) is 1.28. The lowest BCUT2D eigenvalue weighted by Gasteiger charge is -2.37. The van der Waals surface area contributed by atoms with E-state index in [1.54, 1.807) is 20.1 Å². The van der Waals surface area contributed by atoms with Gasteiger partial charge in [0.05, 0.1) is 23.8 Å². The molecule has 0 saturated heterocycles. The second-order valence-electron chi connectivity index (χ2n) is 8.26. The van der Waals surface area contributed by atoms with E-state index in [9.17, 15) is 4.79 Å². The predicted molar refractivity (Wildman–Crippen MR) is 118 cm³/mol. The van der Waals surface area contributed by atoms with Gasteiger partial charge in [0, 0.05) is 16.8 Å². The summed E-state index contributed by atoms with van der Waals surface area (Å²) in [6.07, 6.45) is 6.00. The molecule has 150 valence electrons. The largest absolute Gasteiger partial charge is 0.496 e. The van der Waals surface area contributed by atoms with Crippen LogP contribution in [0.3, 0.4) is 0 Å². The van der Waals surface area contributed by atoms with Crippen molar-refractivity contribution in [3.8, 4) is 22.6 Å². The fourth-order valence-electron chi connectivity index (χ4n) is 4.54. The molecule has 2 aromatic carbocycles. The van der Waals surface area contributed by atoms with Crippen molar-refractivity contribution < 1.29 is 14.3 Å². The molecule has 0 saturated carbocycles. The number of allylic oxidation sites excluding steroid dienone is 2. The molecule has 4 nitrogen and oxygen atoms in total. The van der Waals surface area contributed by atoms with E-state index in [1.165, 1.54) is 5.57 Å². The van der Waals surface area contributed by atoms with E-state index < -0.39 is 0 Å². The number of nitrogens with one attached hydrogen (secondary N) is 1. The molecule has 1 unspecified atom stereocenters. The van der Waals surface area contributed by atoms with Crippen molar-refractivity contribution in [2.75, 3.05) is 12.4 Å². The summed E-state index contributed by atoms with van der Waals surface area (Å²) in [6.45, 7) is 10.0. The fraction of sp³-hybridized carbons (Fsp3) is 0.320. The first kappa shape index (κ1) is 19.3. The topological polar surface area (TPSA) is 47.6 Å². The highest BCUT2D eigenvalue weighted by Crippen LogP contribution is 2.53. The molecule has 2 aliphatic rings. The summed E-state index contributed by atoms with van der Waals surface area (Å²) in [4.78, 5) is 12.3. The minimum absolute atomic E-state index is 0.0240. The molecule has 2 aliphatic heterocycles. The van der Waals surface area contributed by atoms with Crippen LogP contribution in [0.1, 0.15) is 62.2 Å². The SMILES string of the molecule is CC=CC1Oc2c(C(C)=O)ccc(OC)c2-c2ccc3c(c21)C(C)=CC(C)(C)N3. The lowest BCUT2D eigenvalue weighted by molar-refractivity contribution is 0.101. The molecule has 0 aliphatic carbocycles.